The van der Waals surface area contributed by atoms with Gasteiger partial charge in [-0.1, -0.05) is 60.7 Å². The first-order valence-corrected chi connectivity index (χ1v) is 7.20. The van der Waals surface area contributed by atoms with E-state index >= 15 is 0 Å². The van der Waals surface area contributed by atoms with Crippen molar-refractivity contribution in [2.24, 2.45) is 0 Å². The molecule has 0 aliphatic heterocycles. The molecule has 0 fully saturated rings. The van der Waals surface area contributed by atoms with Crippen molar-refractivity contribution in [3.8, 4) is 0 Å². The summed E-state index contributed by atoms with van der Waals surface area (Å²) in [5.74, 6) is -4.13. The molecule has 20 heavy (non-hydrogen) atoms. The Morgan fingerprint density at radius 1 is 0.700 bits per heavy atom. The summed E-state index contributed by atoms with van der Waals surface area (Å²) in [5.41, 5.74) is -0.636. The Labute approximate surface area is 134 Å². The van der Waals surface area contributed by atoms with Crippen LogP contribution in [0.2, 0.25) is 0 Å². The molecule has 0 aliphatic carbocycles. The summed E-state index contributed by atoms with van der Waals surface area (Å²) in [5, 5.41) is 0. The summed E-state index contributed by atoms with van der Waals surface area (Å²) in [4.78, 5) is 0. The zero-order valence-electron chi connectivity index (χ0n) is 10.4. The molecular weight excluding hydrogens is 348 g/mol. The van der Waals surface area contributed by atoms with Crippen LogP contribution in [-0.4, -0.2) is 24.4 Å². The fraction of sp³-hybridized carbons (Fsp3) is 0.143. The molecule has 2 rings (SSSR count). The Bertz CT molecular complexity index is 531. The lowest BCUT2D eigenvalue weighted by Crippen LogP contribution is -2.47. The summed E-state index contributed by atoms with van der Waals surface area (Å²) in [7, 11) is 0. The van der Waals surface area contributed by atoms with E-state index in [1.54, 1.807) is 18.2 Å². The van der Waals surface area contributed by atoms with Crippen molar-refractivity contribution in [1.82, 2.24) is 0 Å². The minimum Gasteiger partial charge on any atom is -0.234 e. The number of benzene rings is 2. The number of hydrogen-bond acceptors (Lipinski definition) is 0. The Morgan fingerprint density at radius 2 is 1.15 bits per heavy atom. The first-order valence-electron chi connectivity index (χ1n) is 5.78. The number of halogens is 5. The number of hydrogen-bond donors (Lipinski definition) is 0. The van der Waals surface area contributed by atoms with Crippen LogP contribution in [0.5, 0.6) is 0 Å². The lowest BCUT2D eigenvalue weighted by Gasteiger charge is -2.27. The molecule has 6 heteroatoms. The van der Waals surface area contributed by atoms with Gasteiger partial charge in [-0.3, -0.25) is 0 Å². The van der Waals surface area contributed by atoms with Crippen LogP contribution in [0.4, 0.5) is 17.6 Å². The van der Waals surface area contributed by atoms with Crippen LogP contribution >= 0.6 is 17.0 Å². The van der Waals surface area contributed by atoms with Crippen LogP contribution < -0.4 is 3.69 Å². The van der Waals surface area contributed by atoms with Crippen molar-refractivity contribution in [3.63, 3.8) is 0 Å². The van der Waals surface area contributed by atoms with Crippen molar-refractivity contribution < 1.29 is 17.6 Å². The van der Waals surface area contributed by atoms with E-state index in [0.29, 0.717) is 3.69 Å². The van der Waals surface area contributed by atoms with E-state index in [-0.39, 0.29) is 17.0 Å². The van der Waals surface area contributed by atoms with Gasteiger partial charge in [0, 0.05) is 5.56 Å². The lowest BCUT2D eigenvalue weighted by molar-refractivity contribution is -0.166. The maximum Gasteiger partial charge on any atom is 0.529 e. The predicted molar refractivity (Wildman–Crippen MR) is 77.4 cm³/mol. The van der Waals surface area contributed by atoms with E-state index in [2.05, 4.69) is 0 Å². The Morgan fingerprint density at radius 3 is 1.65 bits per heavy atom. The molecule has 2 aromatic carbocycles. The van der Waals surface area contributed by atoms with Gasteiger partial charge >= 0.3 is 26.3 Å². The fourth-order valence-corrected chi connectivity index (χ4v) is 3.27. The van der Waals surface area contributed by atoms with Gasteiger partial charge < -0.3 is 0 Å². The minimum atomic E-state index is -4.13. The van der Waals surface area contributed by atoms with Gasteiger partial charge in [0.15, 0.2) is 0 Å². The molecule has 0 unspecified atom stereocenters. The number of alkyl halides is 4. The lowest BCUT2D eigenvalue weighted by atomic mass is 10.1. The van der Waals surface area contributed by atoms with Gasteiger partial charge in [0.05, 0.1) is 0 Å². The zero-order valence-corrected chi connectivity index (χ0v) is 13.5. The monoisotopic (exact) mass is 358 g/mol. The van der Waals surface area contributed by atoms with E-state index in [9.17, 15) is 17.6 Å². The van der Waals surface area contributed by atoms with Gasteiger partial charge in [0.1, 0.15) is 0 Å². The molecule has 0 spiro atoms. The average molecular weight is 359 g/mol. The quantitative estimate of drug-likeness (QED) is 0.572. The molecule has 0 saturated heterocycles. The summed E-state index contributed by atoms with van der Waals surface area (Å²) >= 11 is -2.41. The second-order valence-corrected chi connectivity index (χ2v) is 6.37. The molecule has 0 amide bonds. The fourth-order valence-electron chi connectivity index (χ4n) is 1.82. The van der Waals surface area contributed by atoms with Crippen LogP contribution in [0.25, 0.3) is 0 Å². The van der Waals surface area contributed by atoms with Gasteiger partial charge in [-0.15, -0.1) is 17.0 Å². The molecule has 0 bridgehead atoms. The van der Waals surface area contributed by atoms with Gasteiger partial charge in [-0.25, -0.2) is 8.78 Å². The van der Waals surface area contributed by atoms with Crippen molar-refractivity contribution in [2.45, 2.75) is 9.97 Å². The third kappa shape index (κ3) is 3.74. The third-order valence-corrected chi connectivity index (χ3v) is 4.63. The van der Waals surface area contributed by atoms with E-state index in [0.717, 1.165) is 12.1 Å². The van der Waals surface area contributed by atoms with Crippen LogP contribution in [0.3, 0.4) is 0 Å². The Kier molecular flexibility index (Phi) is 6.03. The Hall–Kier alpha value is -0.594. The molecular formula is C14H11BrF4Mg. The van der Waals surface area contributed by atoms with E-state index in [1.807, 2.05) is 0 Å². The zero-order chi connectivity index (χ0) is 13.9. The highest BCUT2D eigenvalue weighted by atomic mass is 79.9. The molecule has 0 aromatic heterocycles. The van der Waals surface area contributed by atoms with Gasteiger partial charge in [0.25, 0.3) is 0 Å². The topological polar surface area (TPSA) is 0 Å². The molecule has 104 valence electrons. The third-order valence-electron chi connectivity index (χ3n) is 2.86. The van der Waals surface area contributed by atoms with Crippen molar-refractivity contribution >= 4 is 41.0 Å². The maximum absolute atomic E-state index is 13.9. The smallest absolute Gasteiger partial charge is 0.234 e. The summed E-state index contributed by atoms with van der Waals surface area (Å²) in [6, 6.07) is 14.0. The first kappa shape index (κ1) is 17.5. The Balaban J connectivity index is 0.00000200. The van der Waals surface area contributed by atoms with E-state index in [4.69, 9.17) is 0 Å². The van der Waals surface area contributed by atoms with Crippen molar-refractivity contribution in [3.05, 3.63) is 66.2 Å². The average Bonchev–Trinajstić information content (AvgIpc) is 2.40. The molecule has 0 nitrogen and oxygen atoms in total. The highest BCUT2D eigenvalue weighted by Crippen LogP contribution is 2.41. The highest BCUT2D eigenvalue weighted by molar-refractivity contribution is 8.93. The largest absolute Gasteiger partial charge is 0.529 e. The number of rotatable bonds is 4. The predicted octanol–water partition coefficient (Wildman–Crippen LogP) is 3.98. The molecule has 2 aromatic rings. The second-order valence-electron chi connectivity index (χ2n) is 4.31. The second kappa shape index (κ2) is 6.91. The van der Waals surface area contributed by atoms with Gasteiger partial charge in [-0.05, 0) is 0 Å². The maximum atomic E-state index is 13.9. The van der Waals surface area contributed by atoms with Gasteiger partial charge in [-0.2, -0.15) is 12.5 Å². The van der Waals surface area contributed by atoms with Crippen LogP contribution in [-0.2, 0) is 5.92 Å². The first-order chi connectivity index (χ1) is 8.93. The van der Waals surface area contributed by atoms with Crippen LogP contribution in [0.1, 0.15) is 5.56 Å². The molecule has 0 heterocycles. The summed E-state index contributed by atoms with van der Waals surface area (Å²) in [6.07, 6.45) is 0. The van der Waals surface area contributed by atoms with Crippen LogP contribution in [0.15, 0.2) is 60.7 Å². The summed E-state index contributed by atoms with van der Waals surface area (Å²) < 4.78 is 51.9. The van der Waals surface area contributed by atoms with Crippen molar-refractivity contribution in [2.75, 3.05) is 0 Å². The van der Waals surface area contributed by atoms with Gasteiger partial charge in [0.2, 0.25) is 4.05 Å². The molecule has 0 aliphatic rings. The minimum absolute atomic E-state index is 0. The molecule has 0 N–H and O–H groups in total. The standard InChI is InChI=1S/C8H5F4.C6H5.BrH.Mg/c9-7(10)8(11,12)6-4-2-1-3-5-6;1-2-4-6-5-3-1;;/h1-5H;1-5H;1H;. The molecule has 0 saturated carbocycles. The SMILES string of the molecule is Br.F[C](F)([Mg][c]1ccccc1)C(F)(F)c1ccccc1. The van der Waals surface area contributed by atoms with Crippen molar-refractivity contribution in [1.29, 1.82) is 0 Å². The molecule has 0 atom stereocenters. The summed E-state index contributed by atoms with van der Waals surface area (Å²) in [6.45, 7) is 0. The van der Waals surface area contributed by atoms with E-state index in [1.165, 1.54) is 30.3 Å². The van der Waals surface area contributed by atoms with E-state index < -0.39 is 35.9 Å². The highest BCUT2D eigenvalue weighted by Gasteiger charge is 2.56. The van der Waals surface area contributed by atoms with Crippen LogP contribution in [0, 0.1) is 0 Å². The normalized spacial score (nSPS) is 11.4. The molecule has 0 radical (unpaired) electrons.